The SMILES string of the molecule is CCCOc1cc(-c2ccc(C[C@@H](C)NC[C@H](O)c3ccc(Cl)nc3)cc2)ccc1C(=O)O. The number of nitrogens with one attached hydrogen (secondary N) is 1. The van der Waals surface area contributed by atoms with Crippen molar-refractivity contribution in [3.05, 3.63) is 82.6 Å². The molecule has 6 nitrogen and oxygen atoms in total. The summed E-state index contributed by atoms with van der Waals surface area (Å²) < 4.78 is 5.65. The first-order valence-electron chi connectivity index (χ1n) is 11.0. The number of carbonyl (C=O) groups is 1. The van der Waals surface area contributed by atoms with Gasteiger partial charge in [0.2, 0.25) is 0 Å². The van der Waals surface area contributed by atoms with E-state index in [9.17, 15) is 15.0 Å². The summed E-state index contributed by atoms with van der Waals surface area (Å²) >= 11 is 5.79. The molecule has 3 aromatic rings. The van der Waals surface area contributed by atoms with Crippen molar-refractivity contribution in [2.24, 2.45) is 0 Å². The fraction of sp³-hybridized carbons (Fsp3) is 0.308. The highest BCUT2D eigenvalue weighted by Gasteiger charge is 2.14. The molecule has 0 saturated carbocycles. The number of aliphatic hydroxyl groups excluding tert-OH is 1. The minimum atomic E-state index is -0.998. The monoisotopic (exact) mass is 468 g/mol. The lowest BCUT2D eigenvalue weighted by molar-refractivity contribution is 0.0692. The summed E-state index contributed by atoms with van der Waals surface area (Å²) in [5.74, 6) is -0.611. The van der Waals surface area contributed by atoms with Gasteiger partial charge in [-0.05, 0) is 54.7 Å². The number of rotatable bonds is 11. The van der Waals surface area contributed by atoms with Gasteiger partial charge in [0.05, 0.1) is 12.7 Å². The van der Waals surface area contributed by atoms with Crippen molar-refractivity contribution in [3.63, 3.8) is 0 Å². The molecule has 2 atom stereocenters. The summed E-state index contributed by atoms with van der Waals surface area (Å²) in [5, 5.41) is 23.5. The van der Waals surface area contributed by atoms with Crippen molar-refractivity contribution in [3.8, 4) is 16.9 Å². The highest BCUT2D eigenvalue weighted by molar-refractivity contribution is 6.29. The first-order chi connectivity index (χ1) is 15.9. The molecule has 0 aliphatic carbocycles. The second-order valence-electron chi connectivity index (χ2n) is 8.00. The second kappa shape index (κ2) is 11.8. The molecule has 0 bridgehead atoms. The molecule has 0 spiro atoms. The lowest BCUT2D eigenvalue weighted by Crippen LogP contribution is -2.32. The van der Waals surface area contributed by atoms with E-state index < -0.39 is 12.1 Å². The molecule has 0 fully saturated rings. The van der Waals surface area contributed by atoms with Crippen molar-refractivity contribution < 1.29 is 19.7 Å². The average molecular weight is 469 g/mol. The summed E-state index contributed by atoms with van der Waals surface area (Å²) in [6.45, 7) is 4.94. The minimum absolute atomic E-state index is 0.162. The standard InChI is InChI=1S/C26H29ClN2O4/c1-3-12-33-24-14-20(8-10-22(24)26(31)32)19-6-4-18(5-7-19)13-17(2)28-16-23(30)21-9-11-25(27)29-15-21/h4-11,14-15,17,23,28,30H,3,12-13,16H2,1-2H3,(H,31,32)/t17-,23+/m1/s1. The van der Waals surface area contributed by atoms with Crippen LogP contribution in [0, 0.1) is 0 Å². The molecule has 0 radical (unpaired) electrons. The van der Waals surface area contributed by atoms with Crippen LogP contribution in [0.4, 0.5) is 0 Å². The highest BCUT2D eigenvalue weighted by atomic mass is 35.5. The number of aliphatic hydroxyl groups is 1. The first-order valence-corrected chi connectivity index (χ1v) is 11.4. The van der Waals surface area contributed by atoms with Crippen LogP contribution in [0.3, 0.4) is 0 Å². The average Bonchev–Trinajstić information content (AvgIpc) is 2.82. The highest BCUT2D eigenvalue weighted by Crippen LogP contribution is 2.28. The molecule has 7 heteroatoms. The largest absolute Gasteiger partial charge is 0.493 e. The third-order valence-corrected chi connectivity index (χ3v) is 5.52. The van der Waals surface area contributed by atoms with Crippen molar-refractivity contribution in [1.29, 1.82) is 0 Å². The predicted molar refractivity (Wildman–Crippen MR) is 130 cm³/mol. The van der Waals surface area contributed by atoms with E-state index in [1.165, 1.54) is 0 Å². The van der Waals surface area contributed by atoms with E-state index in [-0.39, 0.29) is 11.6 Å². The van der Waals surface area contributed by atoms with Gasteiger partial charge in [0.25, 0.3) is 0 Å². The maximum Gasteiger partial charge on any atom is 0.339 e. The van der Waals surface area contributed by atoms with Crippen molar-refractivity contribution in [2.45, 2.75) is 38.8 Å². The van der Waals surface area contributed by atoms with Gasteiger partial charge in [-0.15, -0.1) is 0 Å². The van der Waals surface area contributed by atoms with Gasteiger partial charge in [-0.25, -0.2) is 9.78 Å². The zero-order chi connectivity index (χ0) is 23.8. The van der Waals surface area contributed by atoms with Gasteiger partial charge in [-0.2, -0.15) is 0 Å². The van der Waals surface area contributed by atoms with Crippen LogP contribution in [-0.2, 0) is 6.42 Å². The van der Waals surface area contributed by atoms with Crippen molar-refractivity contribution in [1.82, 2.24) is 10.3 Å². The Balaban J connectivity index is 1.60. The molecule has 0 amide bonds. The molecule has 3 rings (SSSR count). The van der Waals surface area contributed by atoms with E-state index in [2.05, 4.69) is 29.4 Å². The van der Waals surface area contributed by atoms with Crippen LogP contribution in [-0.4, -0.2) is 40.4 Å². The first kappa shape index (κ1) is 24.7. The Kier molecular flexibility index (Phi) is 8.83. The number of halogens is 1. The number of hydrogen-bond acceptors (Lipinski definition) is 5. The number of pyridine rings is 1. The number of carboxylic acid groups (broad SMARTS) is 1. The smallest absolute Gasteiger partial charge is 0.339 e. The number of benzene rings is 2. The number of nitrogens with zero attached hydrogens (tertiary/aromatic N) is 1. The van der Waals surface area contributed by atoms with Gasteiger partial charge in [0, 0.05) is 24.3 Å². The molecule has 3 N–H and O–H groups in total. The molecule has 174 valence electrons. The van der Waals surface area contributed by atoms with Gasteiger partial charge in [0.15, 0.2) is 0 Å². The van der Waals surface area contributed by atoms with Gasteiger partial charge < -0.3 is 20.3 Å². The van der Waals surface area contributed by atoms with E-state index >= 15 is 0 Å². The number of ether oxygens (including phenoxy) is 1. The van der Waals surface area contributed by atoms with Crippen LogP contribution in [0.5, 0.6) is 5.75 Å². The normalized spacial score (nSPS) is 12.8. The van der Waals surface area contributed by atoms with Crippen LogP contribution < -0.4 is 10.1 Å². The Morgan fingerprint density at radius 1 is 1.12 bits per heavy atom. The molecular weight excluding hydrogens is 440 g/mol. The quantitative estimate of drug-likeness (QED) is 0.337. The number of hydrogen-bond donors (Lipinski definition) is 3. The van der Waals surface area contributed by atoms with E-state index in [1.807, 2.05) is 19.1 Å². The van der Waals surface area contributed by atoms with E-state index in [0.717, 1.165) is 35.1 Å². The van der Waals surface area contributed by atoms with Crippen LogP contribution in [0.25, 0.3) is 11.1 Å². The van der Waals surface area contributed by atoms with Gasteiger partial charge in [0.1, 0.15) is 16.5 Å². The lowest BCUT2D eigenvalue weighted by Gasteiger charge is -2.17. The molecular formula is C26H29ClN2O4. The minimum Gasteiger partial charge on any atom is -0.493 e. The number of aromatic nitrogens is 1. The Hall–Kier alpha value is -2.93. The third kappa shape index (κ3) is 7.02. The molecule has 0 unspecified atom stereocenters. The molecule has 1 heterocycles. The third-order valence-electron chi connectivity index (χ3n) is 5.30. The van der Waals surface area contributed by atoms with Crippen LogP contribution >= 0.6 is 11.6 Å². The Bertz CT molecular complexity index is 1050. The van der Waals surface area contributed by atoms with Gasteiger partial charge in [-0.1, -0.05) is 54.9 Å². The van der Waals surface area contributed by atoms with E-state index in [1.54, 1.807) is 36.5 Å². The lowest BCUT2D eigenvalue weighted by atomic mass is 9.99. The van der Waals surface area contributed by atoms with Gasteiger partial charge in [-0.3, -0.25) is 0 Å². The molecule has 0 saturated heterocycles. The van der Waals surface area contributed by atoms with Crippen molar-refractivity contribution in [2.75, 3.05) is 13.2 Å². The van der Waals surface area contributed by atoms with Crippen LogP contribution in [0.15, 0.2) is 60.8 Å². The fourth-order valence-corrected chi connectivity index (χ4v) is 3.60. The van der Waals surface area contributed by atoms with E-state index in [0.29, 0.717) is 24.1 Å². The van der Waals surface area contributed by atoms with E-state index in [4.69, 9.17) is 16.3 Å². The Morgan fingerprint density at radius 3 is 2.48 bits per heavy atom. The summed E-state index contributed by atoms with van der Waals surface area (Å²) in [5.41, 5.74) is 3.94. The second-order valence-corrected chi connectivity index (χ2v) is 8.39. The number of aromatic carboxylic acids is 1. The zero-order valence-corrected chi connectivity index (χ0v) is 19.5. The summed E-state index contributed by atoms with van der Waals surface area (Å²) in [6.07, 6.45) is 2.53. The number of carboxylic acids is 1. The van der Waals surface area contributed by atoms with Crippen LogP contribution in [0.2, 0.25) is 5.15 Å². The summed E-state index contributed by atoms with van der Waals surface area (Å²) in [6, 6.07) is 16.9. The van der Waals surface area contributed by atoms with Crippen LogP contribution in [0.1, 0.15) is 47.9 Å². The maximum atomic E-state index is 11.5. The molecule has 33 heavy (non-hydrogen) atoms. The summed E-state index contributed by atoms with van der Waals surface area (Å²) in [7, 11) is 0. The Morgan fingerprint density at radius 2 is 1.85 bits per heavy atom. The fourth-order valence-electron chi connectivity index (χ4n) is 3.48. The Labute approximate surface area is 199 Å². The molecule has 1 aromatic heterocycles. The zero-order valence-electron chi connectivity index (χ0n) is 18.8. The maximum absolute atomic E-state index is 11.5. The van der Waals surface area contributed by atoms with Gasteiger partial charge >= 0.3 is 5.97 Å². The summed E-state index contributed by atoms with van der Waals surface area (Å²) in [4.78, 5) is 15.5. The topological polar surface area (TPSA) is 91.7 Å². The molecule has 2 aromatic carbocycles. The predicted octanol–water partition coefficient (Wildman–Crippen LogP) is 5.14. The molecule has 0 aliphatic rings. The molecule has 0 aliphatic heterocycles. The van der Waals surface area contributed by atoms with Crippen molar-refractivity contribution >= 4 is 17.6 Å².